The van der Waals surface area contributed by atoms with Gasteiger partial charge >= 0.3 is 0 Å². The molecular weight excluding hydrogens is 344 g/mol. The van der Waals surface area contributed by atoms with Crippen molar-refractivity contribution in [2.24, 2.45) is 0 Å². The molecule has 25 heavy (non-hydrogen) atoms. The zero-order valence-corrected chi connectivity index (χ0v) is 14.5. The summed E-state index contributed by atoms with van der Waals surface area (Å²) >= 11 is 4.96. The SMILES string of the molecule is C=CCN1C(=O)C(=Cc2ccc(N(C)C)cc2[N+](=O)[O-])C(=O)NC1=S. The molecule has 1 aliphatic heterocycles. The van der Waals surface area contributed by atoms with Gasteiger partial charge in [0.15, 0.2) is 5.11 Å². The van der Waals surface area contributed by atoms with E-state index in [2.05, 4.69) is 11.9 Å². The summed E-state index contributed by atoms with van der Waals surface area (Å²) in [6.45, 7) is 3.66. The Kier molecular flexibility index (Phi) is 5.28. The molecule has 1 heterocycles. The van der Waals surface area contributed by atoms with Crippen molar-refractivity contribution in [2.75, 3.05) is 25.5 Å². The van der Waals surface area contributed by atoms with Gasteiger partial charge in [0.25, 0.3) is 17.5 Å². The fraction of sp³-hybridized carbons (Fsp3) is 0.188. The number of anilines is 1. The number of benzene rings is 1. The van der Waals surface area contributed by atoms with Crippen LogP contribution in [0.5, 0.6) is 0 Å². The van der Waals surface area contributed by atoms with Crippen LogP contribution >= 0.6 is 12.2 Å². The minimum atomic E-state index is -0.693. The quantitative estimate of drug-likeness (QED) is 0.213. The third kappa shape index (κ3) is 3.72. The molecule has 130 valence electrons. The van der Waals surface area contributed by atoms with Crippen LogP contribution in [0.2, 0.25) is 0 Å². The van der Waals surface area contributed by atoms with Gasteiger partial charge in [-0.15, -0.1) is 6.58 Å². The average molecular weight is 360 g/mol. The molecule has 1 aromatic carbocycles. The minimum absolute atomic E-state index is 0.0236. The Hall–Kier alpha value is -3.07. The number of nitro groups is 1. The molecule has 2 rings (SSSR count). The van der Waals surface area contributed by atoms with Crippen molar-refractivity contribution in [2.45, 2.75) is 0 Å². The first-order valence-electron chi connectivity index (χ1n) is 7.21. The highest BCUT2D eigenvalue weighted by Crippen LogP contribution is 2.27. The van der Waals surface area contributed by atoms with Gasteiger partial charge in [-0.2, -0.15) is 0 Å². The largest absolute Gasteiger partial charge is 0.377 e. The fourth-order valence-corrected chi connectivity index (χ4v) is 2.48. The van der Waals surface area contributed by atoms with E-state index >= 15 is 0 Å². The Labute approximate surface area is 149 Å². The summed E-state index contributed by atoms with van der Waals surface area (Å²) in [6.07, 6.45) is 2.67. The van der Waals surface area contributed by atoms with E-state index in [1.807, 2.05) is 0 Å². The van der Waals surface area contributed by atoms with Gasteiger partial charge in [0, 0.05) is 32.4 Å². The van der Waals surface area contributed by atoms with Crippen LogP contribution in [0, 0.1) is 10.1 Å². The first kappa shape index (κ1) is 18.3. The number of thiocarbonyl (C=S) groups is 1. The second kappa shape index (κ2) is 7.22. The average Bonchev–Trinajstić information content (AvgIpc) is 2.55. The Bertz CT molecular complexity index is 816. The maximum absolute atomic E-state index is 12.5. The molecule has 0 bridgehead atoms. The number of nitrogens with zero attached hydrogens (tertiary/aromatic N) is 3. The second-order valence-corrected chi connectivity index (χ2v) is 5.80. The van der Waals surface area contributed by atoms with E-state index in [1.54, 1.807) is 25.1 Å². The van der Waals surface area contributed by atoms with Crippen LogP contribution in [0.25, 0.3) is 6.08 Å². The number of amides is 2. The third-order valence-corrected chi connectivity index (χ3v) is 3.85. The maximum Gasteiger partial charge on any atom is 0.278 e. The lowest BCUT2D eigenvalue weighted by molar-refractivity contribution is -0.385. The van der Waals surface area contributed by atoms with E-state index in [0.29, 0.717) is 5.69 Å². The summed E-state index contributed by atoms with van der Waals surface area (Å²) in [7, 11) is 3.51. The molecule has 8 nitrogen and oxygen atoms in total. The molecule has 0 radical (unpaired) electrons. The minimum Gasteiger partial charge on any atom is -0.377 e. The van der Waals surface area contributed by atoms with Crippen molar-refractivity contribution in [3.05, 3.63) is 52.1 Å². The Morgan fingerprint density at radius 1 is 1.40 bits per heavy atom. The van der Waals surface area contributed by atoms with E-state index in [4.69, 9.17) is 12.2 Å². The topological polar surface area (TPSA) is 95.8 Å². The lowest BCUT2D eigenvalue weighted by atomic mass is 10.1. The molecule has 0 aliphatic carbocycles. The molecule has 1 fully saturated rings. The van der Waals surface area contributed by atoms with Gasteiger partial charge in [-0.3, -0.25) is 29.9 Å². The van der Waals surface area contributed by atoms with Crippen molar-refractivity contribution >= 4 is 46.6 Å². The van der Waals surface area contributed by atoms with Crippen LogP contribution in [0.4, 0.5) is 11.4 Å². The molecule has 0 saturated carbocycles. The number of nitro benzene ring substituents is 1. The Morgan fingerprint density at radius 3 is 2.64 bits per heavy atom. The first-order chi connectivity index (χ1) is 11.8. The number of hydrogen-bond acceptors (Lipinski definition) is 6. The van der Waals surface area contributed by atoms with Crippen LogP contribution < -0.4 is 10.2 Å². The molecule has 1 N–H and O–H groups in total. The summed E-state index contributed by atoms with van der Waals surface area (Å²) in [5.41, 5.74) is 0.349. The lowest BCUT2D eigenvalue weighted by Crippen LogP contribution is -2.53. The molecule has 1 aliphatic rings. The van der Waals surface area contributed by atoms with Crippen molar-refractivity contribution in [1.82, 2.24) is 10.2 Å². The van der Waals surface area contributed by atoms with Gasteiger partial charge in [0.1, 0.15) is 5.57 Å². The smallest absolute Gasteiger partial charge is 0.278 e. The van der Waals surface area contributed by atoms with Gasteiger partial charge < -0.3 is 4.90 Å². The lowest BCUT2D eigenvalue weighted by Gasteiger charge is -2.27. The van der Waals surface area contributed by atoms with Crippen molar-refractivity contribution in [1.29, 1.82) is 0 Å². The number of nitrogens with one attached hydrogen (secondary N) is 1. The summed E-state index contributed by atoms with van der Waals surface area (Å²) in [5, 5.41) is 13.7. The van der Waals surface area contributed by atoms with Gasteiger partial charge in [-0.1, -0.05) is 6.08 Å². The van der Waals surface area contributed by atoms with Gasteiger partial charge in [0.2, 0.25) is 0 Å². The summed E-state index contributed by atoms with van der Waals surface area (Å²) in [6, 6.07) is 4.53. The molecule has 0 aromatic heterocycles. The Balaban J connectivity index is 2.52. The van der Waals surface area contributed by atoms with Gasteiger partial charge in [-0.25, -0.2) is 0 Å². The van der Waals surface area contributed by atoms with E-state index in [0.717, 1.165) is 4.90 Å². The highest BCUT2D eigenvalue weighted by atomic mass is 32.1. The fourth-order valence-electron chi connectivity index (χ4n) is 2.23. The van der Waals surface area contributed by atoms with Crippen LogP contribution in [0.15, 0.2) is 36.4 Å². The second-order valence-electron chi connectivity index (χ2n) is 5.42. The first-order valence-corrected chi connectivity index (χ1v) is 7.62. The van der Waals surface area contributed by atoms with E-state index in [-0.39, 0.29) is 28.5 Å². The maximum atomic E-state index is 12.5. The summed E-state index contributed by atoms with van der Waals surface area (Å²) in [4.78, 5) is 38.3. The van der Waals surface area contributed by atoms with E-state index < -0.39 is 16.7 Å². The van der Waals surface area contributed by atoms with E-state index in [9.17, 15) is 19.7 Å². The van der Waals surface area contributed by atoms with E-state index in [1.165, 1.54) is 24.3 Å². The molecule has 2 amide bonds. The standard InChI is InChI=1S/C16H16N4O4S/c1-4-7-19-15(22)12(14(21)17-16(19)25)8-10-5-6-11(18(2)3)9-13(10)20(23)24/h4-6,8-9H,1,7H2,2-3H3,(H,17,21,25). The normalized spacial score (nSPS) is 16.0. The molecule has 0 atom stereocenters. The van der Waals surface area contributed by atoms with Crippen molar-refractivity contribution < 1.29 is 14.5 Å². The molecular formula is C16H16N4O4S. The highest BCUT2D eigenvalue weighted by molar-refractivity contribution is 7.80. The number of carbonyl (C=O) groups is 2. The molecule has 9 heteroatoms. The van der Waals surface area contributed by atoms with Gasteiger partial charge in [-0.05, 0) is 30.4 Å². The predicted octanol–water partition coefficient (Wildman–Crippen LogP) is 1.47. The molecule has 1 aromatic rings. The van der Waals surface area contributed by atoms with Gasteiger partial charge in [0.05, 0.1) is 10.5 Å². The predicted molar refractivity (Wildman–Crippen MR) is 98.1 cm³/mol. The third-order valence-electron chi connectivity index (χ3n) is 3.52. The zero-order valence-electron chi connectivity index (χ0n) is 13.7. The van der Waals surface area contributed by atoms with Crippen molar-refractivity contribution in [3.63, 3.8) is 0 Å². The monoisotopic (exact) mass is 360 g/mol. The molecule has 0 spiro atoms. The van der Waals surface area contributed by atoms with Crippen LogP contribution in [0.3, 0.4) is 0 Å². The summed E-state index contributed by atoms with van der Waals surface area (Å²) in [5.74, 6) is -1.32. The number of carbonyl (C=O) groups excluding carboxylic acids is 2. The van der Waals surface area contributed by atoms with Crippen LogP contribution in [-0.4, -0.2) is 47.4 Å². The highest BCUT2D eigenvalue weighted by Gasteiger charge is 2.33. The molecule has 1 saturated heterocycles. The number of rotatable bonds is 5. The Morgan fingerprint density at radius 2 is 2.08 bits per heavy atom. The van der Waals surface area contributed by atoms with Crippen LogP contribution in [-0.2, 0) is 9.59 Å². The zero-order chi connectivity index (χ0) is 18.7. The van der Waals surface area contributed by atoms with Crippen molar-refractivity contribution in [3.8, 4) is 0 Å². The van der Waals surface area contributed by atoms with Crippen LogP contribution in [0.1, 0.15) is 5.56 Å². The molecule has 0 unspecified atom stereocenters. The summed E-state index contributed by atoms with van der Waals surface area (Å²) < 4.78 is 0. The number of hydrogen-bond donors (Lipinski definition) is 1.